The first-order valence-electron chi connectivity index (χ1n) is 14.2. The predicted molar refractivity (Wildman–Crippen MR) is 161 cm³/mol. The number of carbonyl (C=O) groups is 3. The highest BCUT2D eigenvalue weighted by Gasteiger charge is 2.41. The van der Waals surface area contributed by atoms with Crippen LogP contribution >= 0.6 is 0 Å². The molecule has 3 aromatic carbocycles. The Balaban J connectivity index is 1.43. The number of ether oxygens (including phenoxy) is 1. The van der Waals surface area contributed by atoms with Crippen molar-refractivity contribution in [1.82, 2.24) is 20.6 Å². The van der Waals surface area contributed by atoms with Crippen LogP contribution in [0.2, 0.25) is 0 Å². The van der Waals surface area contributed by atoms with Gasteiger partial charge in [0.1, 0.15) is 0 Å². The van der Waals surface area contributed by atoms with E-state index in [1.54, 1.807) is 24.3 Å². The van der Waals surface area contributed by atoms with Gasteiger partial charge in [-0.1, -0.05) is 66.7 Å². The van der Waals surface area contributed by atoms with Crippen molar-refractivity contribution in [2.45, 2.75) is 25.8 Å². The van der Waals surface area contributed by atoms with Crippen LogP contribution in [0.4, 0.5) is 10.5 Å². The third kappa shape index (κ3) is 5.43. The molecule has 42 heavy (non-hydrogen) atoms. The number of hydrogen-bond acceptors (Lipinski definition) is 6. The SMILES string of the molecule is COC(=O)N(NC(=O)c1c(CN2CCC3(CC2)CNC(=O)C3)c(-c2ccccc2)nc2ccccc12)c1ccccc1. The van der Waals surface area contributed by atoms with Gasteiger partial charge in [-0.15, -0.1) is 0 Å². The molecule has 1 aromatic heterocycles. The van der Waals surface area contributed by atoms with E-state index in [2.05, 4.69) is 15.6 Å². The van der Waals surface area contributed by atoms with E-state index in [1.807, 2.05) is 60.7 Å². The van der Waals surface area contributed by atoms with Crippen LogP contribution in [-0.2, 0) is 16.1 Å². The zero-order valence-corrected chi connectivity index (χ0v) is 23.5. The minimum Gasteiger partial charge on any atom is -0.451 e. The third-order valence-electron chi connectivity index (χ3n) is 8.35. The van der Waals surface area contributed by atoms with Crippen molar-refractivity contribution in [3.63, 3.8) is 0 Å². The first-order chi connectivity index (χ1) is 20.5. The van der Waals surface area contributed by atoms with Gasteiger partial charge in [0.2, 0.25) is 5.91 Å². The van der Waals surface area contributed by atoms with Gasteiger partial charge in [-0.2, -0.15) is 5.01 Å². The second kappa shape index (κ2) is 11.6. The summed E-state index contributed by atoms with van der Waals surface area (Å²) < 4.78 is 5.01. The molecule has 0 bridgehead atoms. The molecule has 1 spiro atoms. The number of aromatic nitrogens is 1. The third-order valence-corrected chi connectivity index (χ3v) is 8.35. The van der Waals surface area contributed by atoms with Crippen molar-refractivity contribution >= 4 is 34.5 Å². The number of likely N-dealkylation sites (tertiary alicyclic amines) is 1. The minimum atomic E-state index is -0.709. The van der Waals surface area contributed by atoms with Crippen molar-refractivity contribution in [2.24, 2.45) is 5.41 Å². The molecule has 0 unspecified atom stereocenters. The molecule has 4 aromatic rings. The van der Waals surface area contributed by atoms with E-state index >= 15 is 0 Å². The molecule has 0 aliphatic carbocycles. The van der Waals surface area contributed by atoms with Crippen LogP contribution in [-0.4, -0.2) is 54.5 Å². The molecule has 9 nitrogen and oxygen atoms in total. The number of fused-ring (bicyclic) bond motifs is 1. The van der Waals surface area contributed by atoms with E-state index in [0.717, 1.165) is 54.3 Å². The van der Waals surface area contributed by atoms with Gasteiger partial charge in [0.05, 0.1) is 29.6 Å². The molecule has 214 valence electrons. The lowest BCUT2D eigenvalue weighted by atomic mass is 9.77. The van der Waals surface area contributed by atoms with Crippen LogP contribution in [0, 0.1) is 5.41 Å². The lowest BCUT2D eigenvalue weighted by molar-refractivity contribution is -0.119. The summed E-state index contributed by atoms with van der Waals surface area (Å²) in [6.07, 6.45) is 1.67. The molecule has 0 saturated carbocycles. The minimum absolute atomic E-state index is 0.00832. The fourth-order valence-corrected chi connectivity index (χ4v) is 6.06. The topological polar surface area (TPSA) is 104 Å². The van der Waals surface area contributed by atoms with E-state index in [1.165, 1.54) is 7.11 Å². The average molecular weight is 564 g/mol. The van der Waals surface area contributed by atoms with E-state index in [4.69, 9.17) is 9.72 Å². The zero-order chi connectivity index (χ0) is 29.1. The molecule has 6 rings (SSSR count). The average Bonchev–Trinajstić information content (AvgIpc) is 3.40. The van der Waals surface area contributed by atoms with Crippen LogP contribution in [0.25, 0.3) is 22.2 Å². The van der Waals surface area contributed by atoms with Gasteiger partial charge in [-0.25, -0.2) is 9.78 Å². The van der Waals surface area contributed by atoms with Crippen molar-refractivity contribution in [1.29, 1.82) is 0 Å². The quantitative estimate of drug-likeness (QED) is 0.334. The predicted octanol–water partition coefficient (Wildman–Crippen LogP) is 4.92. The summed E-state index contributed by atoms with van der Waals surface area (Å²) in [6.45, 7) is 2.82. The summed E-state index contributed by atoms with van der Waals surface area (Å²) in [4.78, 5) is 46.5. The lowest BCUT2D eigenvalue weighted by Crippen LogP contribution is -2.47. The Morgan fingerprint density at radius 2 is 1.64 bits per heavy atom. The first-order valence-corrected chi connectivity index (χ1v) is 14.2. The second-order valence-electron chi connectivity index (χ2n) is 11.0. The van der Waals surface area contributed by atoms with Gasteiger partial charge >= 0.3 is 6.09 Å². The summed E-state index contributed by atoms with van der Waals surface area (Å²) in [6, 6.07) is 26.3. The Morgan fingerprint density at radius 3 is 2.31 bits per heavy atom. The molecule has 2 saturated heterocycles. The number of benzene rings is 3. The maximum absolute atomic E-state index is 14.3. The smallest absolute Gasteiger partial charge is 0.433 e. The van der Waals surface area contributed by atoms with Gasteiger partial charge in [0.15, 0.2) is 0 Å². The molecule has 9 heteroatoms. The Morgan fingerprint density at radius 1 is 0.976 bits per heavy atom. The van der Waals surface area contributed by atoms with Crippen molar-refractivity contribution in [3.8, 4) is 11.3 Å². The number of carbonyl (C=O) groups excluding carboxylic acids is 3. The van der Waals surface area contributed by atoms with Crippen LogP contribution in [0.1, 0.15) is 35.2 Å². The summed E-state index contributed by atoms with van der Waals surface area (Å²) >= 11 is 0. The first kappa shape index (κ1) is 27.4. The lowest BCUT2D eigenvalue weighted by Gasteiger charge is -2.38. The number of hydrogen-bond donors (Lipinski definition) is 2. The molecule has 3 amide bonds. The highest BCUT2D eigenvalue weighted by atomic mass is 16.5. The molecule has 3 heterocycles. The summed E-state index contributed by atoms with van der Waals surface area (Å²) in [5.74, 6) is -0.310. The number of rotatable bonds is 5. The van der Waals surface area contributed by atoms with E-state index in [9.17, 15) is 14.4 Å². The van der Waals surface area contributed by atoms with Crippen LogP contribution < -0.4 is 15.8 Å². The highest BCUT2D eigenvalue weighted by Crippen LogP contribution is 2.39. The monoisotopic (exact) mass is 563 g/mol. The van der Waals surface area contributed by atoms with Crippen molar-refractivity contribution in [3.05, 3.63) is 96.1 Å². The van der Waals surface area contributed by atoms with Crippen LogP contribution in [0.3, 0.4) is 0 Å². The molecule has 2 N–H and O–H groups in total. The molecular weight excluding hydrogens is 530 g/mol. The van der Waals surface area contributed by atoms with Gasteiger partial charge < -0.3 is 10.1 Å². The van der Waals surface area contributed by atoms with Crippen molar-refractivity contribution < 1.29 is 19.1 Å². The van der Waals surface area contributed by atoms with Gasteiger partial charge in [-0.05, 0) is 49.5 Å². The zero-order valence-electron chi connectivity index (χ0n) is 23.5. The number of hydrazine groups is 1. The summed E-state index contributed by atoms with van der Waals surface area (Å²) in [7, 11) is 1.28. The normalized spacial score (nSPS) is 16.3. The van der Waals surface area contributed by atoms with Gasteiger partial charge in [0, 0.05) is 36.0 Å². The highest BCUT2D eigenvalue weighted by molar-refractivity contribution is 6.10. The number of pyridine rings is 1. The Kier molecular flexibility index (Phi) is 7.58. The molecular formula is C33H33N5O4. The number of piperidine rings is 1. The summed E-state index contributed by atoms with van der Waals surface area (Å²) in [5.41, 5.74) is 6.86. The Hall–Kier alpha value is -4.76. The van der Waals surface area contributed by atoms with Gasteiger partial charge in [-0.3, -0.25) is 19.9 Å². The Labute approximate surface area is 244 Å². The van der Waals surface area contributed by atoms with Crippen LogP contribution in [0.15, 0.2) is 84.9 Å². The molecule has 2 aliphatic heterocycles. The number of nitrogens with zero attached hydrogens (tertiary/aromatic N) is 3. The molecule has 0 atom stereocenters. The summed E-state index contributed by atoms with van der Waals surface area (Å²) in [5, 5.41) is 4.82. The van der Waals surface area contributed by atoms with E-state index < -0.39 is 12.0 Å². The number of methoxy groups -OCH3 is 1. The fraction of sp³-hybridized carbons (Fsp3) is 0.273. The number of para-hydroxylation sites is 2. The van der Waals surface area contributed by atoms with Gasteiger partial charge in [0.25, 0.3) is 5.91 Å². The van der Waals surface area contributed by atoms with E-state index in [-0.39, 0.29) is 11.3 Å². The molecule has 2 fully saturated rings. The molecule has 2 aliphatic rings. The Bertz CT molecular complexity index is 1620. The standard InChI is InChI=1S/C33H33N5O4/c1-42-32(41)38(24-12-6-3-7-13-24)36-31(40)29-25-14-8-9-15-27(25)35-30(23-10-4-2-5-11-23)26(29)21-37-18-16-33(17-19-37)20-28(39)34-22-33/h2-15H,16-22H2,1H3,(H,34,39)(H,36,40). The van der Waals surface area contributed by atoms with Crippen molar-refractivity contribution in [2.75, 3.05) is 31.8 Å². The second-order valence-corrected chi connectivity index (χ2v) is 11.0. The molecule has 0 radical (unpaired) electrons. The fourth-order valence-electron chi connectivity index (χ4n) is 6.06. The number of anilines is 1. The largest absolute Gasteiger partial charge is 0.451 e. The number of amides is 3. The van der Waals surface area contributed by atoms with Crippen LogP contribution in [0.5, 0.6) is 0 Å². The number of nitrogens with one attached hydrogen (secondary N) is 2. The maximum Gasteiger partial charge on any atom is 0.433 e. The van der Waals surface area contributed by atoms with E-state index in [0.29, 0.717) is 35.1 Å². The maximum atomic E-state index is 14.3.